The van der Waals surface area contributed by atoms with Crippen molar-refractivity contribution in [2.24, 2.45) is 0 Å². The summed E-state index contributed by atoms with van der Waals surface area (Å²) in [7, 11) is 0. The second-order valence-corrected chi connectivity index (χ2v) is 4.37. The molecule has 1 N–H and O–H groups in total. The highest BCUT2D eigenvalue weighted by atomic mass is 35.5. The van der Waals surface area contributed by atoms with Crippen LogP contribution in [0, 0.1) is 6.92 Å². The lowest BCUT2D eigenvalue weighted by atomic mass is 10.1. The van der Waals surface area contributed by atoms with E-state index in [1.165, 1.54) is 0 Å². The van der Waals surface area contributed by atoms with Crippen LogP contribution >= 0.6 is 11.6 Å². The summed E-state index contributed by atoms with van der Waals surface area (Å²) in [5.74, 6) is -0.0805. The molecule has 92 valence electrons. The third kappa shape index (κ3) is 3.08. The first-order chi connectivity index (χ1) is 8.66. The van der Waals surface area contributed by atoms with Gasteiger partial charge in [-0.05, 0) is 30.2 Å². The highest BCUT2D eigenvalue weighted by molar-refractivity contribution is 6.29. The van der Waals surface area contributed by atoms with Gasteiger partial charge in [0.05, 0.1) is 0 Å². The molecule has 1 heterocycles. The molecular formula is C14H13ClN2O. The topological polar surface area (TPSA) is 42.0 Å². The minimum absolute atomic E-state index is 0.0805. The van der Waals surface area contributed by atoms with Gasteiger partial charge >= 0.3 is 0 Å². The fraction of sp³-hybridized carbons (Fsp3) is 0.143. The lowest BCUT2D eigenvalue weighted by Gasteiger charge is -2.07. The van der Waals surface area contributed by atoms with E-state index in [2.05, 4.69) is 10.3 Å². The van der Waals surface area contributed by atoms with Crippen LogP contribution in [0.25, 0.3) is 0 Å². The Morgan fingerprint density at radius 2 is 2.06 bits per heavy atom. The Morgan fingerprint density at radius 1 is 1.28 bits per heavy atom. The van der Waals surface area contributed by atoms with Gasteiger partial charge < -0.3 is 5.32 Å². The maximum Gasteiger partial charge on any atom is 0.251 e. The molecule has 0 bridgehead atoms. The lowest BCUT2D eigenvalue weighted by Crippen LogP contribution is -2.23. The highest BCUT2D eigenvalue weighted by Crippen LogP contribution is 2.08. The molecule has 0 unspecified atom stereocenters. The number of amides is 1. The molecule has 1 aromatic heterocycles. The number of hydrogen-bond donors (Lipinski definition) is 1. The van der Waals surface area contributed by atoms with Crippen LogP contribution in [0.5, 0.6) is 0 Å². The first-order valence-corrected chi connectivity index (χ1v) is 5.99. The average Bonchev–Trinajstić information content (AvgIpc) is 2.38. The number of carbonyl (C=O) groups is 1. The Kier molecular flexibility index (Phi) is 3.95. The lowest BCUT2D eigenvalue weighted by molar-refractivity contribution is 0.0950. The SMILES string of the molecule is Cc1ccccc1C(=O)NCc1ccc(Cl)nc1. The van der Waals surface area contributed by atoms with Crippen LogP contribution in [0.4, 0.5) is 0 Å². The van der Waals surface area contributed by atoms with Gasteiger partial charge in [0.1, 0.15) is 5.15 Å². The normalized spacial score (nSPS) is 10.1. The maximum atomic E-state index is 11.9. The summed E-state index contributed by atoms with van der Waals surface area (Å²) in [4.78, 5) is 15.9. The molecular weight excluding hydrogens is 248 g/mol. The standard InChI is InChI=1S/C14H13ClN2O/c1-10-4-2-3-5-12(10)14(18)17-9-11-6-7-13(15)16-8-11/h2-8H,9H2,1H3,(H,17,18). The van der Waals surface area contributed by atoms with E-state index in [1.807, 2.05) is 37.3 Å². The summed E-state index contributed by atoms with van der Waals surface area (Å²) in [5, 5.41) is 3.30. The van der Waals surface area contributed by atoms with Crippen molar-refractivity contribution in [3.8, 4) is 0 Å². The van der Waals surface area contributed by atoms with Crippen LogP contribution in [0.3, 0.4) is 0 Å². The molecule has 1 amide bonds. The molecule has 0 spiro atoms. The van der Waals surface area contributed by atoms with Crippen molar-refractivity contribution in [1.29, 1.82) is 0 Å². The van der Waals surface area contributed by atoms with Crippen molar-refractivity contribution in [1.82, 2.24) is 10.3 Å². The van der Waals surface area contributed by atoms with Gasteiger partial charge in [-0.1, -0.05) is 35.9 Å². The largest absolute Gasteiger partial charge is 0.348 e. The fourth-order valence-electron chi connectivity index (χ4n) is 1.62. The summed E-state index contributed by atoms with van der Waals surface area (Å²) >= 11 is 5.69. The van der Waals surface area contributed by atoms with Crippen molar-refractivity contribution >= 4 is 17.5 Å². The first-order valence-electron chi connectivity index (χ1n) is 5.61. The minimum Gasteiger partial charge on any atom is -0.348 e. The molecule has 0 aliphatic heterocycles. The van der Waals surface area contributed by atoms with Gasteiger partial charge in [0, 0.05) is 18.3 Å². The van der Waals surface area contributed by atoms with E-state index < -0.39 is 0 Å². The number of benzene rings is 1. The zero-order chi connectivity index (χ0) is 13.0. The summed E-state index contributed by atoms with van der Waals surface area (Å²) < 4.78 is 0. The van der Waals surface area contributed by atoms with Crippen molar-refractivity contribution in [3.63, 3.8) is 0 Å². The molecule has 0 saturated heterocycles. The number of rotatable bonds is 3. The van der Waals surface area contributed by atoms with Gasteiger partial charge in [-0.3, -0.25) is 4.79 Å². The molecule has 0 radical (unpaired) electrons. The maximum absolute atomic E-state index is 11.9. The molecule has 0 aliphatic carbocycles. The predicted molar refractivity (Wildman–Crippen MR) is 71.6 cm³/mol. The Balaban J connectivity index is 2.01. The molecule has 2 aromatic rings. The number of halogens is 1. The fourth-order valence-corrected chi connectivity index (χ4v) is 1.73. The van der Waals surface area contributed by atoms with Gasteiger partial charge in [0.25, 0.3) is 5.91 Å². The minimum atomic E-state index is -0.0805. The molecule has 0 fully saturated rings. The van der Waals surface area contributed by atoms with Crippen LogP contribution in [0.2, 0.25) is 5.15 Å². The van der Waals surface area contributed by atoms with Crippen LogP contribution < -0.4 is 5.32 Å². The molecule has 2 rings (SSSR count). The number of aromatic nitrogens is 1. The van der Waals surface area contributed by atoms with Crippen molar-refractivity contribution < 1.29 is 4.79 Å². The second-order valence-electron chi connectivity index (χ2n) is 3.99. The van der Waals surface area contributed by atoms with Gasteiger partial charge in [-0.15, -0.1) is 0 Å². The zero-order valence-electron chi connectivity index (χ0n) is 9.98. The monoisotopic (exact) mass is 260 g/mol. The van der Waals surface area contributed by atoms with E-state index in [9.17, 15) is 4.79 Å². The number of carbonyl (C=O) groups excluding carboxylic acids is 1. The Hall–Kier alpha value is -1.87. The van der Waals surface area contributed by atoms with Gasteiger partial charge in [-0.2, -0.15) is 0 Å². The van der Waals surface area contributed by atoms with Gasteiger partial charge in [0.15, 0.2) is 0 Å². The summed E-state index contributed by atoms with van der Waals surface area (Å²) in [6.07, 6.45) is 1.65. The Labute approximate surface area is 111 Å². The number of hydrogen-bond acceptors (Lipinski definition) is 2. The molecule has 18 heavy (non-hydrogen) atoms. The first kappa shape index (κ1) is 12.6. The third-order valence-electron chi connectivity index (χ3n) is 2.63. The van der Waals surface area contributed by atoms with Crippen molar-refractivity contribution in [2.45, 2.75) is 13.5 Å². The molecule has 1 aromatic carbocycles. The summed E-state index contributed by atoms with van der Waals surface area (Å²) in [6.45, 7) is 2.36. The smallest absolute Gasteiger partial charge is 0.251 e. The molecule has 0 atom stereocenters. The summed E-state index contributed by atoms with van der Waals surface area (Å²) in [6, 6.07) is 11.0. The van der Waals surface area contributed by atoms with E-state index in [1.54, 1.807) is 12.3 Å². The van der Waals surface area contributed by atoms with Crippen LogP contribution in [0.15, 0.2) is 42.6 Å². The average molecular weight is 261 g/mol. The van der Waals surface area contributed by atoms with E-state index in [0.29, 0.717) is 17.3 Å². The number of nitrogens with zero attached hydrogens (tertiary/aromatic N) is 1. The third-order valence-corrected chi connectivity index (χ3v) is 2.85. The van der Waals surface area contributed by atoms with Crippen LogP contribution in [-0.2, 0) is 6.54 Å². The number of pyridine rings is 1. The molecule has 4 heteroatoms. The van der Waals surface area contributed by atoms with Gasteiger partial charge in [0.2, 0.25) is 0 Å². The Bertz CT molecular complexity index is 552. The van der Waals surface area contributed by atoms with Crippen molar-refractivity contribution in [3.05, 3.63) is 64.4 Å². The highest BCUT2D eigenvalue weighted by Gasteiger charge is 2.07. The van der Waals surface area contributed by atoms with E-state index >= 15 is 0 Å². The quantitative estimate of drug-likeness (QED) is 0.862. The Morgan fingerprint density at radius 3 is 2.72 bits per heavy atom. The predicted octanol–water partition coefficient (Wildman–Crippen LogP) is 2.97. The number of aryl methyl sites for hydroxylation is 1. The van der Waals surface area contributed by atoms with Crippen LogP contribution in [0.1, 0.15) is 21.5 Å². The summed E-state index contributed by atoms with van der Waals surface area (Å²) in [5.41, 5.74) is 2.57. The molecule has 0 aliphatic rings. The zero-order valence-corrected chi connectivity index (χ0v) is 10.7. The molecule has 3 nitrogen and oxygen atoms in total. The van der Waals surface area contributed by atoms with Crippen molar-refractivity contribution in [2.75, 3.05) is 0 Å². The second kappa shape index (κ2) is 5.65. The van der Waals surface area contributed by atoms with Crippen LogP contribution in [-0.4, -0.2) is 10.9 Å². The van der Waals surface area contributed by atoms with E-state index in [0.717, 1.165) is 11.1 Å². The van der Waals surface area contributed by atoms with Gasteiger partial charge in [-0.25, -0.2) is 4.98 Å². The number of nitrogens with one attached hydrogen (secondary N) is 1. The van der Waals surface area contributed by atoms with E-state index in [-0.39, 0.29) is 5.91 Å². The van der Waals surface area contributed by atoms with E-state index in [4.69, 9.17) is 11.6 Å². The molecule has 0 saturated carbocycles.